The molecule has 4 nitrogen and oxygen atoms in total. The van der Waals surface area contributed by atoms with Crippen molar-refractivity contribution in [3.8, 4) is 5.75 Å². The van der Waals surface area contributed by atoms with Gasteiger partial charge in [-0.2, -0.15) is 0 Å². The Kier molecular flexibility index (Phi) is 3.38. The maximum absolute atomic E-state index is 13.2. The summed E-state index contributed by atoms with van der Waals surface area (Å²) in [6.45, 7) is 0.703. The van der Waals surface area contributed by atoms with Crippen molar-refractivity contribution in [2.45, 2.75) is 6.92 Å². The van der Waals surface area contributed by atoms with Crippen molar-refractivity contribution in [2.24, 2.45) is 0 Å². The number of ketones is 1. The second-order valence-corrected chi connectivity index (χ2v) is 2.88. The zero-order valence-electron chi connectivity index (χ0n) is 7.99. The maximum Gasteiger partial charge on any atom is 0.341 e. The van der Waals surface area contributed by atoms with Crippen molar-refractivity contribution in [3.05, 3.63) is 29.6 Å². The van der Waals surface area contributed by atoms with Gasteiger partial charge in [-0.25, -0.2) is 9.18 Å². The van der Waals surface area contributed by atoms with Gasteiger partial charge < -0.3 is 9.84 Å². The Morgan fingerprint density at radius 1 is 1.47 bits per heavy atom. The predicted molar refractivity (Wildman–Crippen MR) is 49.5 cm³/mol. The molecule has 0 bridgehead atoms. The lowest BCUT2D eigenvalue weighted by Crippen LogP contribution is -2.09. The number of carboxylic acids is 1. The number of benzene rings is 1. The van der Waals surface area contributed by atoms with E-state index in [1.54, 1.807) is 0 Å². The zero-order chi connectivity index (χ0) is 11.4. The lowest BCUT2D eigenvalue weighted by atomic mass is 10.1. The van der Waals surface area contributed by atoms with Gasteiger partial charge in [-0.05, 0) is 19.1 Å². The summed E-state index contributed by atoms with van der Waals surface area (Å²) in [6.07, 6.45) is 0. The number of carboxylic acid groups (broad SMARTS) is 1. The molecule has 0 saturated heterocycles. The molecule has 0 aromatic heterocycles. The van der Waals surface area contributed by atoms with Gasteiger partial charge in [0.25, 0.3) is 0 Å². The van der Waals surface area contributed by atoms with Crippen LogP contribution >= 0.6 is 0 Å². The number of Topliss-reactive ketones (excluding diaryl/α,β-unsaturated/α-hetero) is 1. The molecule has 0 heterocycles. The minimum atomic E-state index is -1.15. The van der Waals surface area contributed by atoms with E-state index in [0.717, 1.165) is 6.07 Å². The summed E-state index contributed by atoms with van der Waals surface area (Å²) in [5, 5.41) is 8.31. The Hall–Kier alpha value is -1.91. The first kappa shape index (κ1) is 11.2. The van der Waals surface area contributed by atoms with Crippen LogP contribution in [0.1, 0.15) is 17.3 Å². The highest BCUT2D eigenvalue weighted by atomic mass is 19.1. The van der Waals surface area contributed by atoms with Gasteiger partial charge in [0.2, 0.25) is 0 Å². The van der Waals surface area contributed by atoms with Crippen LogP contribution in [0.2, 0.25) is 0 Å². The van der Waals surface area contributed by atoms with Crippen molar-refractivity contribution in [1.82, 2.24) is 0 Å². The Morgan fingerprint density at radius 3 is 2.60 bits per heavy atom. The summed E-state index contributed by atoms with van der Waals surface area (Å²) >= 11 is 0. The van der Waals surface area contributed by atoms with E-state index in [4.69, 9.17) is 9.84 Å². The fraction of sp³-hybridized carbons (Fsp3) is 0.200. The second-order valence-electron chi connectivity index (χ2n) is 2.88. The zero-order valence-corrected chi connectivity index (χ0v) is 7.99. The van der Waals surface area contributed by atoms with Gasteiger partial charge in [0, 0.05) is 6.07 Å². The van der Waals surface area contributed by atoms with Crippen LogP contribution in [0.25, 0.3) is 0 Å². The summed E-state index contributed by atoms with van der Waals surface area (Å²) in [4.78, 5) is 21.0. The summed E-state index contributed by atoms with van der Waals surface area (Å²) in [6, 6.07) is 3.59. The number of halogens is 1. The third kappa shape index (κ3) is 3.05. The molecular weight excluding hydrogens is 203 g/mol. The van der Waals surface area contributed by atoms with Crippen LogP contribution in [0.5, 0.6) is 5.75 Å². The molecule has 15 heavy (non-hydrogen) atoms. The molecule has 80 valence electrons. The molecule has 1 rings (SSSR count). The van der Waals surface area contributed by atoms with Crippen LogP contribution in [0, 0.1) is 5.82 Å². The molecule has 1 aromatic rings. The summed E-state index contributed by atoms with van der Waals surface area (Å²) in [7, 11) is 0. The molecule has 0 fully saturated rings. The van der Waals surface area contributed by atoms with E-state index >= 15 is 0 Å². The molecule has 0 atom stereocenters. The van der Waals surface area contributed by atoms with Crippen molar-refractivity contribution >= 4 is 11.8 Å². The average Bonchev–Trinajstić information content (AvgIpc) is 2.14. The second kappa shape index (κ2) is 4.54. The quantitative estimate of drug-likeness (QED) is 0.768. The van der Waals surface area contributed by atoms with Gasteiger partial charge in [0.05, 0.1) is 5.56 Å². The largest absolute Gasteiger partial charge is 0.482 e. The smallest absolute Gasteiger partial charge is 0.341 e. The van der Waals surface area contributed by atoms with Crippen molar-refractivity contribution in [3.63, 3.8) is 0 Å². The highest BCUT2D eigenvalue weighted by Gasteiger charge is 2.08. The number of hydrogen-bond acceptors (Lipinski definition) is 3. The van der Waals surface area contributed by atoms with Crippen LogP contribution in [0.3, 0.4) is 0 Å². The molecule has 0 amide bonds. The first-order valence-corrected chi connectivity index (χ1v) is 4.16. The molecule has 1 aromatic carbocycles. The Labute approximate surface area is 85.3 Å². The first-order chi connectivity index (χ1) is 7.00. The molecule has 0 aliphatic rings. The average molecular weight is 212 g/mol. The number of hydrogen-bond donors (Lipinski definition) is 1. The van der Waals surface area contributed by atoms with Gasteiger partial charge >= 0.3 is 5.97 Å². The predicted octanol–water partition coefficient (Wildman–Crippen LogP) is 1.49. The molecule has 1 N–H and O–H groups in total. The summed E-state index contributed by atoms with van der Waals surface area (Å²) in [5.41, 5.74) is -0.0438. The standard InChI is InChI=1S/C10H9FO4/c1-6(12)8-3-2-7(4-9(8)11)15-5-10(13)14/h2-4H,5H2,1H3,(H,13,14). The molecule has 0 unspecified atom stereocenters. The van der Waals surface area contributed by atoms with Gasteiger partial charge in [-0.15, -0.1) is 0 Å². The summed E-state index contributed by atoms with van der Waals surface area (Å²) in [5.74, 6) is -2.17. The number of aliphatic carboxylic acids is 1. The Morgan fingerprint density at radius 2 is 2.13 bits per heavy atom. The first-order valence-electron chi connectivity index (χ1n) is 4.16. The van der Waals surface area contributed by atoms with Crippen molar-refractivity contribution in [2.75, 3.05) is 6.61 Å². The topological polar surface area (TPSA) is 63.6 Å². The van der Waals surface area contributed by atoms with E-state index in [1.807, 2.05) is 0 Å². The monoisotopic (exact) mass is 212 g/mol. The molecule has 0 saturated carbocycles. The highest BCUT2D eigenvalue weighted by Crippen LogP contribution is 2.16. The lowest BCUT2D eigenvalue weighted by Gasteiger charge is -2.04. The molecular formula is C10H9FO4. The molecule has 5 heteroatoms. The fourth-order valence-corrected chi connectivity index (χ4v) is 1.02. The molecule has 0 aliphatic heterocycles. The van der Waals surface area contributed by atoms with Gasteiger partial charge in [0.1, 0.15) is 11.6 Å². The van der Waals surface area contributed by atoms with Crippen molar-refractivity contribution in [1.29, 1.82) is 0 Å². The Bertz CT molecular complexity index is 400. The number of ether oxygens (including phenoxy) is 1. The minimum absolute atomic E-state index is 0.0438. The molecule has 0 aliphatic carbocycles. The third-order valence-electron chi connectivity index (χ3n) is 1.68. The van der Waals surface area contributed by atoms with E-state index < -0.39 is 24.2 Å². The normalized spacial score (nSPS) is 9.73. The van der Waals surface area contributed by atoms with E-state index in [0.29, 0.717) is 0 Å². The maximum atomic E-state index is 13.2. The van der Waals surface area contributed by atoms with Gasteiger partial charge in [0.15, 0.2) is 12.4 Å². The van der Waals surface area contributed by atoms with Crippen molar-refractivity contribution < 1.29 is 23.8 Å². The SMILES string of the molecule is CC(=O)c1ccc(OCC(=O)O)cc1F. The van der Waals surface area contributed by atoms with Gasteiger partial charge in [-0.1, -0.05) is 0 Å². The van der Waals surface area contributed by atoms with E-state index in [1.165, 1.54) is 19.1 Å². The number of rotatable bonds is 4. The van der Waals surface area contributed by atoms with E-state index in [2.05, 4.69) is 0 Å². The lowest BCUT2D eigenvalue weighted by molar-refractivity contribution is -0.139. The van der Waals surface area contributed by atoms with E-state index in [-0.39, 0.29) is 11.3 Å². The van der Waals surface area contributed by atoms with Gasteiger partial charge in [-0.3, -0.25) is 4.79 Å². The highest BCUT2D eigenvalue weighted by molar-refractivity contribution is 5.94. The van der Waals surface area contributed by atoms with Crippen LogP contribution < -0.4 is 4.74 Å². The molecule has 0 spiro atoms. The molecule has 0 radical (unpaired) electrons. The van der Waals surface area contributed by atoms with Crippen LogP contribution in [-0.4, -0.2) is 23.5 Å². The third-order valence-corrected chi connectivity index (χ3v) is 1.68. The van der Waals surface area contributed by atoms with Crippen LogP contribution in [0.15, 0.2) is 18.2 Å². The number of carbonyl (C=O) groups is 2. The van der Waals surface area contributed by atoms with Crippen LogP contribution in [-0.2, 0) is 4.79 Å². The fourth-order valence-electron chi connectivity index (χ4n) is 1.02. The summed E-state index contributed by atoms with van der Waals surface area (Å²) < 4.78 is 17.9. The van der Waals surface area contributed by atoms with Crippen LogP contribution in [0.4, 0.5) is 4.39 Å². The number of carbonyl (C=O) groups excluding carboxylic acids is 1. The van der Waals surface area contributed by atoms with E-state index in [9.17, 15) is 14.0 Å². The minimum Gasteiger partial charge on any atom is -0.482 e. The Balaban J connectivity index is 2.82.